The van der Waals surface area contributed by atoms with Gasteiger partial charge in [0, 0.05) is 0 Å². The summed E-state index contributed by atoms with van der Waals surface area (Å²) in [6.45, 7) is 4.33. The molecule has 0 N–H and O–H groups in total. The van der Waals surface area contributed by atoms with Gasteiger partial charge in [0.15, 0.2) is 0 Å². The summed E-state index contributed by atoms with van der Waals surface area (Å²) in [4.78, 5) is 11.3. The molecule has 1 aromatic carbocycles. The second-order valence-corrected chi connectivity index (χ2v) is 3.52. The Morgan fingerprint density at radius 1 is 1.33 bits per heavy atom. The minimum absolute atomic E-state index is 0. The average molecular weight is 216 g/mol. The summed E-state index contributed by atoms with van der Waals surface area (Å²) in [6, 6.07) is 5.66. The van der Waals surface area contributed by atoms with Crippen LogP contribution in [0.1, 0.15) is 24.2 Å². The van der Waals surface area contributed by atoms with Crippen LogP contribution in [0.25, 0.3) is 0 Å². The second kappa shape index (κ2) is 6.88. The van der Waals surface area contributed by atoms with Gasteiger partial charge in [-0.2, -0.15) is 0 Å². The minimum atomic E-state index is -0.376. The van der Waals surface area contributed by atoms with E-state index in [1.54, 1.807) is 0 Å². The Hall–Kier alpha value is -0.510. The summed E-state index contributed by atoms with van der Waals surface area (Å²) in [5.74, 6) is -0.165. The second-order valence-electron chi connectivity index (χ2n) is 3.52. The fourth-order valence-corrected chi connectivity index (χ4v) is 0.917. The summed E-state index contributed by atoms with van der Waals surface area (Å²) in [5.41, 5.74) is 0.422. The van der Waals surface area contributed by atoms with Crippen molar-refractivity contribution < 1.29 is 44.2 Å². The number of rotatable bonds is 3. The molecule has 76 valence electrons. The molecule has 0 atom stereocenters. The minimum Gasteiger partial charge on any atom is -0.872 e. The van der Waals surface area contributed by atoms with Gasteiger partial charge in [0.2, 0.25) is 0 Å². The molecule has 0 heterocycles. The van der Waals surface area contributed by atoms with Gasteiger partial charge in [0.25, 0.3) is 0 Å². The number of carbonyl (C=O) groups excluding carboxylic acids is 1. The van der Waals surface area contributed by atoms with Crippen LogP contribution in [0.3, 0.4) is 0 Å². The zero-order valence-electron chi connectivity index (χ0n) is 9.32. The molecule has 1 rings (SSSR count). The van der Waals surface area contributed by atoms with Gasteiger partial charge >= 0.3 is 35.5 Å². The molecule has 4 heteroatoms. The van der Waals surface area contributed by atoms with Gasteiger partial charge in [-0.15, -0.1) is 5.75 Å². The van der Waals surface area contributed by atoms with Gasteiger partial charge in [-0.25, -0.2) is 4.79 Å². The average Bonchev–Trinajstić information content (AvgIpc) is 2.15. The molecule has 0 unspecified atom stereocenters. The molecule has 0 fully saturated rings. The summed E-state index contributed by atoms with van der Waals surface area (Å²) >= 11 is 0. The predicted molar refractivity (Wildman–Crippen MR) is 51.0 cm³/mol. The SMILES string of the molecule is CC(C)COC(=O)c1ccc([O-])cc1.[Na+]. The smallest absolute Gasteiger partial charge is 0.872 e. The van der Waals surface area contributed by atoms with Crippen molar-refractivity contribution in [1.29, 1.82) is 0 Å². The fraction of sp³-hybridized carbons (Fsp3) is 0.364. The van der Waals surface area contributed by atoms with Crippen molar-refractivity contribution in [2.24, 2.45) is 5.92 Å². The van der Waals surface area contributed by atoms with Crippen LogP contribution in [0.4, 0.5) is 0 Å². The number of benzene rings is 1. The topological polar surface area (TPSA) is 49.4 Å². The molecule has 0 saturated carbocycles. The Morgan fingerprint density at radius 3 is 2.33 bits per heavy atom. The van der Waals surface area contributed by atoms with Crippen molar-refractivity contribution in [3.63, 3.8) is 0 Å². The molecule has 15 heavy (non-hydrogen) atoms. The first kappa shape index (κ1) is 14.5. The van der Waals surface area contributed by atoms with Gasteiger partial charge in [-0.1, -0.05) is 26.0 Å². The van der Waals surface area contributed by atoms with E-state index in [4.69, 9.17) is 4.74 Å². The molecule has 0 amide bonds. The number of esters is 1. The van der Waals surface area contributed by atoms with E-state index in [1.165, 1.54) is 24.3 Å². The fourth-order valence-electron chi connectivity index (χ4n) is 0.917. The molecule has 0 aromatic heterocycles. The molecule has 0 aliphatic rings. The summed E-state index contributed by atoms with van der Waals surface area (Å²) in [6.07, 6.45) is 0. The van der Waals surface area contributed by atoms with Crippen LogP contribution in [-0.4, -0.2) is 12.6 Å². The monoisotopic (exact) mass is 216 g/mol. The quantitative estimate of drug-likeness (QED) is 0.460. The number of carbonyl (C=O) groups is 1. The van der Waals surface area contributed by atoms with Gasteiger partial charge in [0.1, 0.15) is 0 Å². The van der Waals surface area contributed by atoms with Crippen molar-refractivity contribution in [2.45, 2.75) is 13.8 Å². The van der Waals surface area contributed by atoms with Crippen LogP contribution in [0.5, 0.6) is 5.75 Å². The Bertz CT molecular complexity index is 306. The molecular formula is C11H13NaO3. The van der Waals surface area contributed by atoms with Gasteiger partial charge in [0.05, 0.1) is 12.2 Å². The summed E-state index contributed by atoms with van der Waals surface area (Å²) < 4.78 is 4.99. The van der Waals surface area contributed by atoms with Crippen molar-refractivity contribution in [1.82, 2.24) is 0 Å². The maximum absolute atomic E-state index is 11.3. The van der Waals surface area contributed by atoms with Crippen LogP contribution in [0, 0.1) is 5.92 Å². The molecular weight excluding hydrogens is 203 g/mol. The number of ether oxygens (including phenoxy) is 1. The van der Waals surface area contributed by atoms with E-state index in [1.807, 2.05) is 13.8 Å². The summed E-state index contributed by atoms with van der Waals surface area (Å²) in [7, 11) is 0. The van der Waals surface area contributed by atoms with Gasteiger partial charge in [-0.3, -0.25) is 0 Å². The molecule has 0 aliphatic carbocycles. The third-order valence-corrected chi connectivity index (χ3v) is 1.64. The van der Waals surface area contributed by atoms with Crippen molar-refractivity contribution >= 4 is 5.97 Å². The van der Waals surface area contributed by atoms with Crippen LogP contribution < -0.4 is 34.7 Å². The van der Waals surface area contributed by atoms with E-state index in [0.717, 1.165) is 0 Å². The van der Waals surface area contributed by atoms with Crippen molar-refractivity contribution in [3.8, 4) is 5.75 Å². The van der Waals surface area contributed by atoms with Crippen LogP contribution >= 0.6 is 0 Å². The first-order valence-electron chi connectivity index (χ1n) is 4.54. The Labute approximate surface area is 112 Å². The van der Waals surface area contributed by atoms with Crippen molar-refractivity contribution in [3.05, 3.63) is 29.8 Å². The Kier molecular flexibility index (Phi) is 6.65. The zero-order valence-corrected chi connectivity index (χ0v) is 11.3. The largest absolute Gasteiger partial charge is 1.00 e. The van der Waals surface area contributed by atoms with E-state index in [0.29, 0.717) is 18.1 Å². The number of hydrogen-bond acceptors (Lipinski definition) is 3. The van der Waals surface area contributed by atoms with Gasteiger partial charge < -0.3 is 9.84 Å². The van der Waals surface area contributed by atoms with E-state index in [-0.39, 0.29) is 41.3 Å². The van der Waals surface area contributed by atoms with E-state index < -0.39 is 0 Å². The third-order valence-electron chi connectivity index (χ3n) is 1.64. The molecule has 0 aliphatic heterocycles. The molecule has 3 nitrogen and oxygen atoms in total. The maximum Gasteiger partial charge on any atom is 1.00 e. The van der Waals surface area contributed by atoms with Gasteiger partial charge in [-0.05, 0) is 18.1 Å². The maximum atomic E-state index is 11.3. The van der Waals surface area contributed by atoms with E-state index in [9.17, 15) is 9.90 Å². The zero-order chi connectivity index (χ0) is 10.6. The summed E-state index contributed by atoms with van der Waals surface area (Å²) in [5, 5.41) is 10.8. The van der Waals surface area contributed by atoms with Crippen molar-refractivity contribution in [2.75, 3.05) is 6.61 Å². The molecule has 0 radical (unpaired) electrons. The normalized spacial score (nSPS) is 9.53. The van der Waals surface area contributed by atoms with Crippen LogP contribution in [0.2, 0.25) is 0 Å². The molecule has 0 bridgehead atoms. The van der Waals surface area contributed by atoms with Crippen LogP contribution in [0.15, 0.2) is 24.3 Å². The molecule has 0 spiro atoms. The number of hydrogen-bond donors (Lipinski definition) is 0. The first-order chi connectivity index (χ1) is 6.59. The Balaban J connectivity index is 0.00000196. The molecule has 0 saturated heterocycles. The standard InChI is InChI=1S/C11H14O3.Na/c1-8(2)7-14-11(13)9-3-5-10(12)6-4-9;/h3-6,8,12H,7H2,1-2H3;/q;+1/p-1. The van der Waals surface area contributed by atoms with Crippen LogP contribution in [-0.2, 0) is 4.74 Å². The Morgan fingerprint density at radius 2 is 1.87 bits per heavy atom. The third kappa shape index (κ3) is 5.21. The van der Waals surface area contributed by atoms with E-state index >= 15 is 0 Å². The first-order valence-corrected chi connectivity index (χ1v) is 4.54. The van der Waals surface area contributed by atoms with E-state index in [2.05, 4.69) is 0 Å². The predicted octanol–water partition coefficient (Wildman–Crippen LogP) is -1.42. The molecule has 1 aromatic rings.